The molecule has 2 N–H and O–H groups in total. The van der Waals surface area contributed by atoms with Crippen molar-refractivity contribution in [2.24, 2.45) is 0 Å². The maximum atomic E-state index is 9.35. The van der Waals surface area contributed by atoms with E-state index in [1.165, 1.54) is 11.1 Å². The number of phenols is 1. The zero-order valence-corrected chi connectivity index (χ0v) is 13.4. The van der Waals surface area contributed by atoms with Crippen LogP contribution in [0.4, 0.5) is 0 Å². The summed E-state index contributed by atoms with van der Waals surface area (Å²) in [5.41, 5.74) is 2.47. The molecule has 106 valence electrons. The van der Waals surface area contributed by atoms with Crippen LogP contribution in [0.25, 0.3) is 0 Å². The third-order valence-electron chi connectivity index (χ3n) is 3.52. The molecular formula is C17H20BrNO. The number of nitrogens with one attached hydrogen (secondary N) is 1. The summed E-state index contributed by atoms with van der Waals surface area (Å²) in [5, 5.41) is 13.0. The molecule has 0 spiro atoms. The lowest BCUT2D eigenvalue weighted by Gasteiger charge is -2.23. The van der Waals surface area contributed by atoms with Gasteiger partial charge in [-0.15, -0.1) is 0 Å². The minimum absolute atomic E-state index is 0.240. The Morgan fingerprint density at radius 3 is 2.10 bits per heavy atom. The van der Waals surface area contributed by atoms with Crippen molar-refractivity contribution in [3.05, 3.63) is 64.1 Å². The summed E-state index contributed by atoms with van der Waals surface area (Å²) < 4.78 is 1.10. The lowest BCUT2D eigenvalue weighted by molar-refractivity contribution is 0.454. The van der Waals surface area contributed by atoms with Gasteiger partial charge in [-0.25, -0.2) is 0 Å². The van der Waals surface area contributed by atoms with E-state index in [2.05, 4.69) is 59.4 Å². The number of hydrogen-bond acceptors (Lipinski definition) is 2. The smallest absolute Gasteiger partial charge is 0.115 e. The summed E-state index contributed by atoms with van der Waals surface area (Å²) in [6.07, 6.45) is 1.03. The van der Waals surface area contributed by atoms with Gasteiger partial charge in [0.2, 0.25) is 0 Å². The number of rotatable bonds is 5. The molecule has 2 aromatic rings. The van der Waals surface area contributed by atoms with Gasteiger partial charge in [0, 0.05) is 16.6 Å². The van der Waals surface area contributed by atoms with Gasteiger partial charge in [0.1, 0.15) is 5.75 Å². The lowest BCUT2D eigenvalue weighted by Crippen LogP contribution is -2.24. The highest BCUT2D eigenvalue weighted by Crippen LogP contribution is 2.24. The minimum Gasteiger partial charge on any atom is -0.508 e. The largest absolute Gasteiger partial charge is 0.508 e. The number of benzene rings is 2. The Bertz CT molecular complexity index is 536. The van der Waals surface area contributed by atoms with Gasteiger partial charge in [0.15, 0.2) is 0 Å². The summed E-state index contributed by atoms with van der Waals surface area (Å²) in [6.45, 7) is 4.33. The molecule has 2 rings (SSSR count). The second-order valence-electron chi connectivity index (χ2n) is 4.99. The van der Waals surface area contributed by atoms with Crippen molar-refractivity contribution in [3.63, 3.8) is 0 Å². The fourth-order valence-electron chi connectivity index (χ4n) is 2.31. The predicted octanol–water partition coefficient (Wildman–Crippen LogP) is 4.96. The molecule has 3 heteroatoms. The van der Waals surface area contributed by atoms with Crippen molar-refractivity contribution in [1.82, 2.24) is 5.32 Å². The van der Waals surface area contributed by atoms with Crippen molar-refractivity contribution >= 4 is 15.9 Å². The Kier molecular flexibility index (Phi) is 5.21. The molecule has 2 atom stereocenters. The molecule has 0 fully saturated rings. The van der Waals surface area contributed by atoms with E-state index in [9.17, 15) is 5.11 Å². The summed E-state index contributed by atoms with van der Waals surface area (Å²) in [4.78, 5) is 0. The molecular weight excluding hydrogens is 314 g/mol. The highest BCUT2D eigenvalue weighted by atomic mass is 79.9. The molecule has 2 aromatic carbocycles. The van der Waals surface area contributed by atoms with E-state index in [0.717, 1.165) is 10.9 Å². The van der Waals surface area contributed by atoms with E-state index >= 15 is 0 Å². The van der Waals surface area contributed by atoms with E-state index in [0.29, 0.717) is 11.8 Å². The van der Waals surface area contributed by atoms with E-state index in [4.69, 9.17) is 0 Å². The first-order valence-corrected chi connectivity index (χ1v) is 7.70. The zero-order chi connectivity index (χ0) is 14.5. The first-order valence-electron chi connectivity index (χ1n) is 6.90. The van der Waals surface area contributed by atoms with Crippen LogP contribution in [-0.4, -0.2) is 5.11 Å². The molecule has 0 radical (unpaired) electrons. The van der Waals surface area contributed by atoms with E-state index in [1.54, 1.807) is 12.1 Å². The van der Waals surface area contributed by atoms with Gasteiger partial charge in [-0.1, -0.05) is 47.1 Å². The van der Waals surface area contributed by atoms with Crippen LogP contribution in [0.3, 0.4) is 0 Å². The molecule has 0 aliphatic heterocycles. The fraction of sp³-hybridized carbons (Fsp3) is 0.294. The molecule has 0 aliphatic rings. The summed E-state index contributed by atoms with van der Waals surface area (Å²) in [5.74, 6) is 0.306. The second-order valence-corrected chi connectivity index (χ2v) is 5.91. The van der Waals surface area contributed by atoms with E-state index in [-0.39, 0.29) is 6.04 Å². The third-order valence-corrected chi connectivity index (χ3v) is 4.05. The summed E-state index contributed by atoms with van der Waals surface area (Å²) >= 11 is 3.47. The number of aromatic hydroxyl groups is 1. The Labute approximate surface area is 129 Å². The molecule has 0 bridgehead atoms. The van der Waals surface area contributed by atoms with Crippen LogP contribution in [0.15, 0.2) is 53.0 Å². The topological polar surface area (TPSA) is 32.3 Å². The van der Waals surface area contributed by atoms with Gasteiger partial charge in [0.05, 0.1) is 0 Å². The monoisotopic (exact) mass is 333 g/mol. The third kappa shape index (κ3) is 3.84. The Hall–Kier alpha value is -1.32. The number of halogens is 1. The average molecular weight is 334 g/mol. The van der Waals surface area contributed by atoms with Gasteiger partial charge in [-0.05, 0) is 48.7 Å². The molecule has 2 unspecified atom stereocenters. The highest BCUT2D eigenvalue weighted by molar-refractivity contribution is 9.10. The van der Waals surface area contributed by atoms with Crippen LogP contribution in [0, 0.1) is 0 Å². The van der Waals surface area contributed by atoms with Crippen LogP contribution in [-0.2, 0) is 0 Å². The first kappa shape index (κ1) is 15.1. The van der Waals surface area contributed by atoms with E-state index < -0.39 is 0 Å². The Morgan fingerprint density at radius 2 is 1.55 bits per heavy atom. The SMILES string of the molecule is CCC(NC(C)c1ccc(O)cc1)c1ccc(Br)cc1. The molecule has 0 aromatic heterocycles. The quantitative estimate of drug-likeness (QED) is 0.810. The summed E-state index contributed by atoms with van der Waals surface area (Å²) in [6, 6.07) is 16.4. The maximum absolute atomic E-state index is 9.35. The van der Waals surface area contributed by atoms with Crippen LogP contribution in [0.5, 0.6) is 5.75 Å². The number of hydrogen-bond donors (Lipinski definition) is 2. The van der Waals surface area contributed by atoms with Crippen molar-refractivity contribution in [2.75, 3.05) is 0 Å². The maximum Gasteiger partial charge on any atom is 0.115 e. The first-order chi connectivity index (χ1) is 9.60. The molecule has 0 saturated carbocycles. The Balaban J connectivity index is 2.09. The molecule has 0 heterocycles. The van der Waals surface area contributed by atoms with Crippen LogP contribution < -0.4 is 5.32 Å². The van der Waals surface area contributed by atoms with Gasteiger partial charge in [0.25, 0.3) is 0 Å². The molecule has 0 saturated heterocycles. The lowest BCUT2D eigenvalue weighted by atomic mass is 10.0. The Morgan fingerprint density at radius 1 is 1.00 bits per heavy atom. The fourth-order valence-corrected chi connectivity index (χ4v) is 2.57. The normalized spacial score (nSPS) is 13.9. The second kappa shape index (κ2) is 6.91. The van der Waals surface area contributed by atoms with Gasteiger partial charge in [-0.3, -0.25) is 0 Å². The van der Waals surface area contributed by atoms with Gasteiger partial charge < -0.3 is 10.4 Å². The average Bonchev–Trinajstić information content (AvgIpc) is 2.46. The van der Waals surface area contributed by atoms with Crippen molar-refractivity contribution < 1.29 is 5.11 Å². The predicted molar refractivity (Wildman–Crippen MR) is 86.8 cm³/mol. The van der Waals surface area contributed by atoms with Crippen LogP contribution >= 0.6 is 15.9 Å². The van der Waals surface area contributed by atoms with Gasteiger partial charge >= 0.3 is 0 Å². The standard InChI is InChI=1S/C17H20BrNO/c1-3-17(14-4-8-15(18)9-5-14)19-12(2)13-6-10-16(20)11-7-13/h4-12,17,19-20H,3H2,1-2H3. The van der Waals surface area contributed by atoms with Gasteiger partial charge in [-0.2, -0.15) is 0 Å². The van der Waals surface area contributed by atoms with Crippen molar-refractivity contribution in [3.8, 4) is 5.75 Å². The van der Waals surface area contributed by atoms with Crippen molar-refractivity contribution in [1.29, 1.82) is 0 Å². The number of phenolic OH excluding ortho intramolecular Hbond substituents is 1. The van der Waals surface area contributed by atoms with Crippen LogP contribution in [0.1, 0.15) is 43.5 Å². The molecule has 0 aliphatic carbocycles. The zero-order valence-electron chi connectivity index (χ0n) is 11.8. The summed E-state index contributed by atoms with van der Waals surface area (Å²) in [7, 11) is 0. The van der Waals surface area contributed by atoms with E-state index in [1.807, 2.05) is 12.1 Å². The molecule has 0 amide bonds. The minimum atomic E-state index is 0.240. The molecule has 20 heavy (non-hydrogen) atoms. The highest BCUT2D eigenvalue weighted by Gasteiger charge is 2.13. The van der Waals surface area contributed by atoms with Crippen molar-refractivity contribution in [2.45, 2.75) is 32.4 Å². The van der Waals surface area contributed by atoms with Crippen LogP contribution in [0.2, 0.25) is 0 Å². The molecule has 2 nitrogen and oxygen atoms in total.